The summed E-state index contributed by atoms with van der Waals surface area (Å²) in [6.45, 7) is 3.88. The van der Waals surface area contributed by atoms with E-state index < -0.39 is 0 Å². The third-order valence-corrected chi connectivity index (χ3v) is 4.99. The van der Waals surface area contributed by atoms with Crippen molar-refractivity contribution in [2.24, 2.45) is 10.7 Å². The lowest BCUT2D eigenvalue weighted by molar-refractivity contribution is -0.131. The molecule has 154 valence electrons. The number of nitrogens with two attached hydrogens (primary N) is 1. The summed E-state index contributed by atoms with van der Waals surface area (Å²) >= 11 is 0. The zero-order chi connectivity index (χ0) is 20.5. The Morgan fingerprint density at radius 1 is 1.03 bits per heavy atom. The van der Waals surface area contributed by atoms with Crippen molar-refractivity contribution in [1.29, 1.82) is 0 Å². The molecular formula is C22H28FN5O. The molecule has 2 aromatic rings. The minimum Gasteiger partial charge on any atom is -0.370 e. The lowest BCUT2D eigenvalue weighted by atomic mass is 10.1. The van der Waals surface area contributed by atoms with Crippen LogP contribution < -0.4 is 16.0 Å². The van der Waals surface area contributed by atoms with Crippen molar-refractivity contribution >= 4 is 17.6 Å². The summed E-state index contributed by atoms with van der Waals surface area (Å²) in [5.74, 6) is 0.219. The van der Waals surface area contributed by atoms with E-state index >= 15 is 0 Å². The summed E-state index contributed by atoms with van der Waals surface area (Å²) in [5, 5.41) is 3.08. The molecule has 1 saturated heterocycles. The van der Waals surface area contributed by atoms with Crippen LogP contribution in [-0.2, 0) is 11.2 Å². The first-order valence-electron chi connectivity index (χ1n) is 9.98. The van der Waals surface area contributed by atoms with Crippen molar-refractivity contribution in [1.82, 2.24) is 10.2 Å². The van der Waals surface area contributed by atoms with Gasteiger partial charge in [-0.25, -0.2) is 4.39 Å². The predicted molar refractivity (Wildman–Crippen MR) is 114 cm³/mol. The van der Waals surface area contributed by atoms with E-state index in [-0.39, 0.29) is 11.7 Å². The molecule has 2 aromatic carbocycles. The predicted octanol–water partition coefficient (Wildman–Crippen LogP) is 2.01. The van der Waals surface area contributed by atoms with Crippen LogP contribution in [0.2, 0.25) is 0 Å². The number of piperazine rings is 1. The van der Waals surface area contributed by atoms with E-state index in [4.69, 9.17) is 5.73 Å². The first kappa shape index (κ1) is 20.6. The molecule has 7 heteroatoms. The summed E-state index contributed by atoms with van der Waals surface area (Å²) in [6.07, 6.45) is 1.21. The van der Waals surface area contributed by atoms with Crippen molar-refractivity contribution in [3.05, 3.63) is 66.0 Å². The molecule has 0 radical (unpaired) electrons. The van der Waals surface area contributed by atoms with Gasteiger partial charge in [-0.2, -0.15) is 0 Å². The molecule has 0 unspecified atom stereocenters. The van der Waals surface area contributed by atoms with Gasteiger partial charge in [-0.3, -0.25) is 9.79 Å². The molecule has 1 fully saturated rings. The van der Waals surface area contributed by atoms with Gasteiger partial charge in [0.05, 0.1) is 6.54 Å². The highest BCUT2D eigenvalue weighted by Gasteiger charge is 2.20. The number of aliphatic imine (C=N–C) groups is 1. The zero-order valence-corrected chi connectivity index (χ0v) is 16.6. The fourth-order valence-electron chi connectivity index (χ4n) is 3.33. The van der Waals surface area contributed by atoms with Gasteiger partial charge in [0.25, 0.3) is 0 Å². The van der Waals surface area contributed by atoms with Gasteiger partial charge >= 0.3 is 0 Å². The Balaban J connectivity index is 1.34. The number of guanidine groups is 1. The fraction of sp³-hybridized carbons (Fsp3) is 0.364. The van der Waals surface area contributed by atoms with Gasteiger partial charge in [0, 0.05) is 44.8 Å². The molecule has 0 aromatic heterocycles. The van der Waals surface area contributed by atoms with Gasteiger partial charge in [-0.1, -0.05) is 30.3 Å². The van der Waals surface area contributed by atoms with Gasteiger partial charge < -0.3 is 20.9 Å². The number of carbonyl (C=O) groups excluding carboxylic acids is 1. The number of carbonyl (C=O) groups is 1. The highest BCUT2D eigenvalue weighted by Crippen LogP contribution is 2.17. The van der Waals surface area contributed by atoms with Crippen LogP contribution in [0.1, 0.15) is 12.0 Å². The number of anilines is 1. The second-order valence-corrected chi connectivity index (χ2v) is 7.02. The summed E-state index contributed by atoms with van der Waals surface area (Å²) in [6, 6.07) is 16.6. The van der Waals surface area contributed by atoms with Gasteiger partial charge in [-0.05, 0) is 36.2 Å². The van der Waals surface area contributed by atoms with Crippen molar-refractivity contribution in [3.8, 4) is 0 Å². The first-order valence-corrected chi connectivity index (χ1v) is 9.98. The number of nitrogens with one attached hydrogen (secondary N) is 1. The minimum atomic E-state index is -0.239. The lowest BCUT2D eigenvalue weighted by Gasteiger charge is -2.36. The summed E-state index contributed by atoms with van der Waals surface area (Å²) < 4.78 is 13.0. The summed E-state index contributed by atoms with van der Waals surface area (Å²) in [5.41, 5.74) is 8.10. The minimum absolute atomic E-state index is 0.0876. The Kier molecular flexibility index (Phi) is 7.44. The standard InChI is InChI=1S/C22H28FN5O/c23-19-6-8-20(9-7-19)27-14-16-28(17-15-27)21(29)11-13-26-22(24)25-12-10-18-4-2-1-3-5-18/h1-9H,10-17H2,(H3,24,25,26). The SMILES string of the molecule is NC(=NCCC(=O)N1CCN(c2ccc(F)cc2)CC1)NCCc1ccccc1. The van der Waals surface area contributed by atoms with Crippen molar-refractivity contribution < 1.29 is 9.18 Å². The molecule has 3 N–H and O–H groups in total. The van der Waals surface area contributed by atoms with E-state index in [2.05, 4.69) is 27.3 Å². The highest BCUT2D eigenvalue weighted by atomic mass is 19.1. The van der Waals surface area contributed by atoms with Crippen LogP contribution in [0.15, 0.2) is 59.6 Å². The number of hydrogen-bond acceptors (Lipinski definition) is 3. The van der Waals surface area contributed by atoms with E-state index in [1.54, 1.807) is 12.1 Å². The number of halogens is 1. The second-order valence-electron chi connectivity index (χ2n) is 7.02. The molecule has 6 nitrogen and oxygen atoms in total. The van der Waals surface area contributed by atoms with E-state index in [0.717, 1.165) is 25.2 Å². The molecule has 29 heavy (non-hydrogen) atoms. The largest absolute Gasteiger partial charge is 0.370 e. The quantitative estimate of drug-likeness (QED) is 0.554. The molecule has 1 amide bonds. The van der Waals surface area contributed by atoms with Gasteiger partial charge in [0.2, 0.25) is 5.91 Å². The highest BCUT2D eigenvalue weighted by molar-refractivity contribution is 5.79. The molecule has 0 spiro atoms. The molecule has 0 atom stereocenters. The number of amides is 1. The van der Waals surface area contributed by atoms with Crippen LogP contribution in [0.5, 0.6) is 0 Å². The average molecular weight is 397 g/mol. The molecule has 0 saturated carbocycles. The maximum absolute atomic E-state index is 13.0. The number of hydrogen-bond donors (Lipinski definition) is 2. The van der Waals surface area contributed by atoms with E-state index in [0.29, 0.717) is 38.6 Å². The molecule has 1 aliphatic heterocycles. The van der Waals surface area contributed by atoms with E-state index in [1.165, 1.54) is 17.7 Å². The number of rotatable bonds is 7. The summed E-state index contributed by atoms with van der Waals surface area (Å²) in [7, 11) is 0. The Bertz CT molecular complexity index is 802. The fourth-order valence-corrected chi connectivity index (χ4v) is 3.33. The molecular weight excluding hydrogens is 369 g/mol. The third kappa shape index (κ3) is 6.48. The van der Waals surface area contributed by atoms with Gasteiger partial charge in [0.15, 0.2) is 5.96 Å². The topological polar surface area (TPSA) is 74.0 Å². The monoisotopic (exact) mass is 397 g/mol. The normalized spacial score (nSPS) is 14.7. The van der Waals surface area contributed by atoms with Gasteiger partial charge in [0.1, 0.15) is 5.82 Å². The van der Waals surface area contributed by atoms with Crippen LogP contribution in [0.3, 0.4) is 0 Å². The average Bonchev–Trinajstić information content (AvgIpc) is 2.75. The molecule has 1 heterocycles. The number of benzene rings is 2. The second kappa shape index (κ2) is 10.5. The van der Waals surface area contributed by atoms with Crippen LogP contribution in [0.4, 0.5) is 10.1 Å². The molecule has 0 bridgehead atoms. The maximum atomic E-state index is 13.0. The smallest absolute Gasteiger partial charge is 0.224 e. The third-order valence-electron chi connectivity index (χ3n) is 4.99. The van der Waals surface area contributed by atoms with Crippen LogP contribution in [0.25, 0.3) is 0 Å². The van der Waals surface area contributed by atoms with Crippen LogP contribution in [0, 0.1) is 5.82 Å². The Morgan fingerprint density at radius 2 is 1.72 bits per heavy atom. The first-order chi connectivity index (χ1) is 14.1. The number of nitrogens with zero attached hydrogens (tertiary/aromatic N) is 3. The van der Waals surface area contributed by atoms with Crippen molar-refractivity contribution in [2.75, 3.05) is 44.2 Å². The van der Waals surface area contributed by atoms with Gasteiger partial charge in [-0.15, -0.1) is 0 Å². The molecule has 1 aliphatic rings. The van der Waals surface area contributed by atoms with E-state index in [9.17, 15) is 9.18 Å². The zero-order valence-electron chi connectivity index (χ0n) is 16.6. The van der Waals surface area contributed by atoms with Crippen LogP contribution >= 0.6 is 0 Å². The lowest BCUT2D eigenvalue weighted by Crippen LogP contribution is -2.49. The maximum Gasteiger partial charge on any atom is 0.224 e. The van der Waals surface area contributed by atoms with Crippen molar-refractivity contribution in [2.45, 2.75) is 12.8 Å². The Morgan fingerprint density at radius 3 is 2.41 bits per heavy atom. The van der Waals surface area contributed by atoms with Crippen molar-refractivity contribution in [3.63, 3.8) is 0 Å². The summed E-state index contributed by atoms with van der Waals surface area (Å²) in [4.78, 5) is 20.7. The molecule has 3 rings (SSSR count). The van der Waals surface area contributed by atoms with E-state index in [1.807, 2.05) is 23.1 Å². The van der Waals surface area contributed by atoms with Crippen LogP contribution in [-0.4, -0.2) is 56.0 Å². The Hall–Kier alpha value is -3.09. The Labute approximate surface area is 171 Å². The molecule has 0 aliphatic carbocycles.